The number of fused-ring (bicyclic) bond motifs is 5. The maximum atomic E-state index is 15.0. The minimum atomic E-state index is -0.952. The fourth-order valence-corrected chi connectivity index (χ4v) is 7.16. The molecule has 1 N–H and O–H groups in total. The molecule has 1 saturated heterocycles. The molecule has 2 bridgehead atoms. The first-order valence-corrected chi connectivity index (χ1v) is 13.3. The molecule has 0 spiro atoms. The standard InChI is InChI=1S/C28H29FN4O3S/c1-14-23-19-11-21(24(14)23)33(27(35)36-28(2,3)4)25(19)26(34)32-17(12-30)9-15-5-6-16(10-20(15)29)22-8-7-18(13-31)37-22/h5-8,10,14,17,19,21,23-25H,9,11H2,1-4H3,(H,32,34)/t14?,17-,19+,21-,23?,24?,25-/m0/s1. The predicted molar refractivity (Wildman–Crippen MR) is 136 cm³/mol. The topological polar surface area (TPSA) is 106 Å². The number of thiophene rings is 1. The molecule has 7 atom stereocenters. The summed E-state index contributed by atoms with van der Waals surface area (Å²) in [5.41, 5.74) is 0.265. The van der Waals surface area contributed by atoms with E-state index >= 15 is 0 Å². The molecule has 1 aromatic carbocycles. The Kier molecular flexibility index (Phi) is 6.24. The lowest BCUT2D eigenvalue weighted by Gasteiger charge is -2.35. The van der Waals surface area contributed by atoms with Crippen molar-refractivity contribution in [2.45, 2.75) is 64.3 Å². The number of amides is 2. The summed E-state index contributed by atoms with van der Waals surface area (Å²) < 4.78 is 20.6. The molecule has 3 aliphatic rings. The molecular weight excluding hydrogens is 491 g/mol. The number of nitrogens with zero attached hydrogens (tertiary/aromatic N) is 3. The summed E-state index contributed by atoms with van der Waals surface area (Å²) in [5.74, 6) is 0.429. The molecule has 1 aromatic heterocycles. The van der Waals surface area contributed by atoms with Crippen molar-refractivity contribution >= 4 is 23.3 Å². The molecule has 5 rings (SSSR count). The molecule has 2 amide bonds. The van der Waals surface area contributed by atoms with Crippen LogP contribution in [0.3, 0.4) is 0 Å². The van der Waals surface area contributed by atoms with Gasteiger partial charge in [0.15, 0.2) is 0 Å². The average Bonchev–Trinajstić information content (AvgIpc) is 3.24. The second-order valence-electron chi connectivity index (χ2n) is 11.3. The van der Waals surface area contributed by atoms with Crippen molar-refractivity contribution in [3.05, 3.63) is 46.6 Å². The Morgan fingerprint density at radius 1 is 1.24 bits per heavy atom. The minimum absolute atomic E-state index is 0.00204. The Morgan fingerprint density at radius 2 is 2.00 bits per heavy atom. The first-order valence-electron chi connectivity index (χ1n) is 12.5. The van der Waals surface area contributed by atoms with Crippen LogP contribution in [-0.2, 0) is 16.0 Å². The monoisotopic (exact) mass is 520 g/mol. The summed E-state index contributed by atoms with van der Waals surface area (Å²) in [6.45, 7) is 7.54. The van der Waals surface area contributed by atoms with Gasteiger partial charge in [-0.1, -0.05) is 19.1 Å². The van der Waals surface area contributed by atoms with Crippen LogP contribution in [0, 0.1) is 52.2 Å². The quantitative estimate of drug-likeness (QED) is 0.606. The Labute approximate surface area is 219 Å². The normalized spacial score (nSPS) is 28.1. The highest BCUT2D eigenvalue weighted by Gasteiger charge is 2.71. The van der Waals surface area contributed by atoms with E-state index in [1.54, 1.807) is 49.9 Å². The van der Waals surface area contributed by atoms with Crippen LogP contribution in [0.2, 0.25) is 0 Å². The molecule has 0 radical (unpaired) electrons. The van der Waals surface area contributed by atoms with Crippen LogP contribution >= 0.6 is 11.3 Å². The molecule has 9 heteroatoms. The zero-order chi connectivity index (χ0) is 26.6. The van der Waals surface area contributed by atoms with E-state index in [0.29, 0.717) is 33.8 Å². The van der Waals surface area contributed by atoms with Crippen LogP contribution in [0.1, 0.15) is 44.6 Å². The molecule has 2 aliphatic carbocycles. The minimum Gasteiger partial charge on any atom is -0.444 e. The Bertz CT molecular complexity index is 1340. The van der Waals surface area contributed by atoms with Crippen LogP contribution in [-0.4, -0.2) is 40.6 Å². The lowest BCUT2D eigenvalue weighted by Crippen LogP contribution is -2.56. The number of nitrogens with one attached hydrogen (secondary N) is 1. The molecule has 192 valence electrons. The van der Waals surface area contributed by atoms with Gasteiger partial charge in [-0.3, -0.25) is 9.69 Å². The summed E-state index contributed by atoms with van der Waals surface area (Å²) in [4.78, 5) is 29.5. The van der Waals surface area contributed by atoms with Crippen molar-refractivity contribution in [3.8, 4) is 22.6 Å². The van der Waals surface area contributed by atoms with E-state index in [2.05, 4.69) is 24.4 Å². The van der Waals surface area contributed by atoms with Crippen molar-refractivity contribution in [3.63, 3.8) is 0 Å². The summed E-state index contributed by atoms with van der Waals surface area (Å²) in [6, 6.07) is 10.7. The highest BCUT2D eigenvalue weighted by Crippen LogP contribution is 2.67. The van der Waals surface area contributed by atoms with Gasteiger partial charge in [-0.15, -0.1) is 11.3 Å². The number of likely N-dealkylation sites (tertiary alicyclic amines) is 1. The number of hydrogen-bond donors (Lipinski definition) is 1. The number of carbonyl (C=O) groups is 2. The number of halogens is 1. The van der Waals surface area contributed by atoms with E-state index < -0.39 is 29.6 Å². The predicted octanol–water partition coefficient (Wildman–Crippen LogP) is 4.87. The molecule has 2 aromatic rings. The Hall–Kier alpha value is -3.43. The van der Waals surface area contributed by atoms with Gasteiger partial charge in [0.25, 0.3) is 0 Å². The van der Waals surface area contributed by atoms with Gasteiger partial charge in [0.2, 0.25) is 5.91 Å². The van der Waals surface area contributed by atoms with Gasteiger partial charge in [-0.05, 0) is 80.2 Å². The molecule has 3 fully saturated rings. The van der Waals surface area contributed by atoms with E-state index in [0.717, 1.165) is 11.3 Å². The van der Waals surface area contributed by atoms with Crippen molar-refractivity contribution in [1.29, 1.82) is 10.5 Å². The third-order valence-electron chi connectivity index (χ3n) is 7.86. The van der Waals surface area contributed by atoms with Crippen LogP contribution in [0.5, 0.6) is 0 Å². The number of rotatable bonds is 5. The number of nitriles is 2. The highest BCUT2D eigenvalue weighted by atomic mass is 32.1. The number of hydrogen-bond acceptors (Lipinski definition) is 6. The van der Waals surface area contributed by atoms with E-state index in [9.17, 15) is 19.2 Å². The Morgan fingerprint density at radius 3 is 2.62 bits per heavy atom. The summed E-state index contributed by atoms with van der Waals surface area (Å²) in [5, 5.41) is 21.6. The number of piperidine rings is 1. The summed E-state index contributed by atoms with van der Waals surface area (Å²) >= 11 is 1.28. The van der Waals surface area contributed by atoms with Gasteiger partial charge in [-0.2, -0.15) is 10.5 Å². The van der Waals surface area contributed by atoms with Crippen molar-refractivity contribution in [1.82, 2.24) is 10.2 Å². The second kappa shape index (κ2) is 9.15. The van der Waals surface area contributed by atoms with E-state index in [1.165, 1.54) is 17.4 Å². The van der Waals surface area contributed by atoms with Gasteiger partial charge in [-0.25, -0.2) is 9.18 Å². The molecule has 1 aliphatic heterocycles. The van der Waals surface area contributed by atoms with E-state index in [1.807, 2.05) is 0 Å². The molecule has 37 heavy (non-hydrogen) atoms. The van der Waals surface area contributed by atoms with Crippen LogP contribution in [0.15, 0.2) is 30.3 Å². The van der Waals surface area contributed by atoms with Crippen molar-refractivity contribution < 1.29 is 18.7 Å². The van der Waals surface area contributed by atoms with Gasteiger partial charge in [0.05, 0.1) is 6.07 Å². The van der Waals surface area contributed by atoms with Gasteiger partial charge < -0.3 is 10.1 Å². The second-order valence-corrected chi connectivity index (χ2v) is 12.4. The number of ether oxygens (including phenoxy) is 1. The molecule has 7 nitrogen and oxygen atoms in total. The zero-order valence-electron chi connectivity index (χ0n) is 21.2. The SMILES string of the molecule is CC1C2C1[C@@H]1C[C@H]2[C@@H](C(=O)N[C@H](C#N)Cc2ccc(-c3ccc(C#N)s3)cc2F)N1C(=O)OC(C)(C)C. The van der Waals surface area contributed by atoms with Crippen molar-refractivity contribution in [2.75, 3.05) is 0 Å². The Balaban J connectivity index is 1.30. The first-order chi connectivity index (χ1) is 17.5. The van der Waals surface area contributed by atoms with Gasteiger partial charge in [0.1, 0.15) is 34.4 Å². The van der Waals surface area contributed by atoms with E-state index in [-0.39, 0.29) is 24.3 Å². The lowest BCUT2D eigenvalue weighted by molar-refractivity contribution is -0.128. The maximum Gasteiger partial charge on any atom is 0.411 e. The third kappa shape index (κ3) is 4.57. The zero-order valence-corrected chi connectivity index (χ0v) is 22.0. The first kappa shape index (κ1) is 25.2. The van der Waals surface area contributed by atoms with Gasteiger partial charge >= 0.3 is 6.09 Å². The fourth-order valence-electron chi connectivity index (χ4n) is 6.36. The fraction of sp³-hybridized carbons (Fsp3) is 0.500. The van der Waals surface area contributed by atoms with E-state index in [4.69, 9.17) is 10.00 Å². The smallest absolute Gasteiger partial charge is 0.411 e. The number of benzene rings is 1. The van der Waals surface area contributed by atoms with Crippen LogP contribution in [0.25, 0.3) is 10.4 Å². The van der Waals surface area contributed by atoms with Gasteiger partial charge in [0, 0.05) is 17.3 Å². The molecule has 3 unspecified atom stereocenters. The van der Waals surface area contributed by atoms with Crippen molar-refractivity contribution in [2.24, 2.45) is 23.7 Å². The number of carbonyl (C=O) groups excluding carboxylic acids is 2. The summed E-state index contributed by atoms with van der Waals surface area (Å²) in [6.07, 6.45) is 0.263. The largest absolute Gasteiger partial charge is 0.444 e. The summed E-state index contributed by atoms with van der Waals surface area (Å²) in [7, 11) is 0. The average molecular weight is 521 g/mol. The third-order valence-corrected chi connectivity index (χ3v) is 8.89. The molecular formula is C28H29FN4O3S. The molecule has 2 heterocycles. The van der Waals surface area contributed by atoms with Crippen LogP contribution < -0.4 is 5.32 Å². The maximum absolute atomic E-state index is 15.0. The highest BCUT2D eigenvalue weighted by molar-refractivity contribution is 7.16. The molecule has 2 saturated carbocycles. The lowest BCUT2D eigenvalue weighted by atomic mass is 9.94. The van der Waals surface area contributed by atoms with Crippen LogP contribution in [0.4, 0.5) is 9.18 Å².